The number of hydrogen-bond acceptors (Lipinski definition) is 4. The molecule has 2 aliphatic carbocycles. The van der Waals surface area contributed by atoms with E-state index in [1.165, 1.54) is 76.3 Å². The van der Waals surface area contributed by atoms with Gasteiger partial charge in [-0.25, -0.2) is 9.98 Å². The molecule has 1 aromatic heterocycles. The highest BCUT2D eigenvalue weighted by atomic mass is 16.2. The van der Waals surface area contributed by atoms with Crippen molar-refractivity contribution >= 4 is 11.9 Å². The van der Waals surface area contributed by atoms with E-state index in [-0.39, 0.29) is 5.91 Å². The maximum Gasteiger partial charge on any atom is 0.257 e. The predicted octanol–water partition coefficient (Wildman–Crippen LogP) is 4.81. The van der Waals surface area contributed by atoms with Gasteiger partial charge >= 0.3 is 0 Å². The molecule has 0 bridgehead atoms. The molecule has 4 rings (SSSR count). The number of nitrogens with zero attached hydrogens (tertiary/aromatic N) is 3. The second-order valence-corrected chi connectivity index (χ2v) is 10.5. The van der Waals surface area contributed by atoms with Crippen molar-refractivity contribution in [3.05, 3.63) is 18.2 Å². The molecular weight excluding hydrogens is 386 g/mol. The van der Waals surface area contributed by atoms with Crippen molar-refractivity contribution in [3.63, 3.8) is 0 Å². The Morgan fingerprint density at radius 3 is 2.58 bits per heavy atom. The molecule has 6 nitrogen and oxygen atoms in total. The predicted molar refractivity (Wildman–Crippen MR) is 125 cm³/mol. The van der Waals surface area contributed by atoms with Crippen molar-refractivity contribution in [1.29, 1.82) is 0 Å². The summed E-state index contributed by atoms with van der Waals surface area (Å²) in [6, 6.07) is 0. The zero-order chi connectivity index (χ0) is 21.7. The van der Waals surface area contributed by atoms with E-state index in [1.807, 2.05) is 6.20 Å². The highest BCUT2D eigenvalue weighted by molar-refractivity contribution is 6.06. The minimum Gasteiger partial charge on any atom is -0.369 e. The van der Waals surface area contributed by atoms with Gasteiger partial charge in [-0.2, -0.15) is 0 Å². The number of hydrogen-bond donors (Lipinski definition) is 2. The van der Waals surface area contributed by atoms with Crippen LogP contribution in [0.25, 0.3) is 0 Å². The number of nitrogens with two attached hydrogens (primary N) is 1. The molecule has 1 amide bonds. The van der Waals surface area contributed by atoms with Crippen LogP contribution >= 0.6 is 0 Å². The van der Waals surface area contributed by atoms with Crippen molar-refractivity contribution in [2.75, 3.05) is 7.05 Å². The zero-order valence-corrected chi connectivity index (χ0v) is 19.3. The number of rotatable bonds is 9. The van der Waals surface area contributed by atoms with Crippen molar-refractivity contribution in [3.8, 4) is 0 Å². The number of carbonyl (C=O) groups excluding carboxylic acids is 1. The Bertz CT molecular complexity index is 739. The first-order valence-electron chi connectivity index (χ1n) is 12.7. The number of aliphatic imine (C=N–C) groups is 1. The molecule has 2 heterocycles. The highest BCUT2D eigenvalue weighted by Gasteiger charge is 2.47. The van der Waals surface area contributed by atoms with E-state index in [1.54, 1.807) is 18.3 Å². The third kappa shape index (κ3) is 5.50. The molecule has 2 fully saturated rings. The number of amides is 1. The van der Waals surface area contributed by atoms with Crippen LogP contribution in [0.15, 0.2) is 17.5 Å². The summed E-state index contributed by atoms with van der Waals surface area (Å²) in [5.74, 6) is 2.68. The van der Waals surface area contributed by atoms with Crippen molar-refractivity contribution in [1.82, 2.24) is 14.9 Å². The summed E-state index contributed by atoms with van der Waals surface area (Å²) >= 11 is 0. The van der Waals surface area contributed by atoms with E-state index >= 15 is 0 Å². The number of nitrogens with one attached hydrogen (secondary N) is 1. The number of H-pyrrole nitrogens is 1. The zero-order valence-electron chi connectivity index (χ0n) is 19.3. The van der Waals surface area contributed by atoms with Gasteiger partial charge in [0, 0.05) is 18.9 Å². The molecule has 0 saturated heterocycles. The molecule has 3 atom stereocenters. The summed E-state index contributed by atoms with van der Waals surface area (Å²) < 4.78 is 0. The molecule has 2 saturated carbocycles. The van der Waals surface area contributed by atoms with Gasteiger partial charge in [-0.05, 0) is 56.3 Å². The van der Waals surface area contributed by atoms with E-state index < -0.39 is 5.54 Å². The van der Waals surface area contributed by atoms with Crippen molar-refractivity contribution in [2.24, 2.45) is 28.5 Å². The average Bonchev–Trinajstić information content (AvgIpc) is 3.37. The third-order valence-corrected chi connectivity index (χ3v) is 8.20. The molecule has 3 N–H and O–H groups in total. The Balaban J connectivity index is 1.35. The quantitative estimate of drug-likeness (QED) is 0.592. The summed E-state index contributed by atoms with van der Waals surface area (Å²) in [5, 5.41) is 0. The Morgan fingerprint density at radius 2 is 1.87 bits per heavy atom. The van der Waals surface area contributed by atoms with E-state index in [4.69, 9.17) is 10.7 Å². The summed E-state index contributed by atoms with van der Waals surface area (Å²) in [4.78, 5) is 27.1. The lowest BCUT2D eigenvalue weighted by atomic mass is 9.72. The molecule has 0 spiro atoms. The van der Waals surface area contributed by atoms with Crippen LogP contribution in [0.4, 0.5) is 0 Å². The summed E-state index contributed by atoms with van der Waals surface area (Å²) in [5.41, 5.74) is 6.78. The first kappa shape index (κ1) is 22.3. The minimum atomic E-state index is -0.598. The molecule has 31 heavy (non-hydrogen) atoms. The molecule has 0 unspecified atom stereocenters. The topological polar surface area (TPSA) is 87.4 Å². The number of aromatic nitrogens is 2. The number of likely N-dealkylation sites (N-methyl/N-ethyl adjacent to an activating group) is 1. The number of imidazole rings is 1. The molecule has 0 radical (unpaired) electrons. The van der Waals surface area contributed by atoms with Gasteiger partial charge < -0.3 is 10.7 Å². The van der Waals surface area contributed by atoms with Gasteiger partial charge in [0.2, 0.25) is 0 Å². The normalized spacial score (nSPS) is 30.0. The molecular formula is C25H41N5O. The van der Waals surface area contributed by atoms with Crippen molar-refractivity contribution < 1.29 is 4.79 Å². The van der Waals surface area contributed by atoms with Crippen LogP contribution in [0.5, 0.6) is 0 Å². The Labute approximate surface area is 187 Å². The average molecular weight is 428 g/mol. The van der Waals surface area contributed by atoms with Gasteiger partial charge in [-0.1, -0.05) is 57.8 Å². The summed E-state index contributed by atoms with van der Waals surface area (Å²) in [6.45, 7) is 0. The second-order valence-electron chi connectivity index (χ2n) is 10.5. The molecule has 0 aromatic carbocycles. The Morgan fingerprint density at radius 1 is 1.10 bits per heavy atom. The van der Waals surface area contributed by atoms with E-state index in [9.17, 15) is 4.79 Å². The van der Waals surface area contributed by atoms with Crippen LogP contribution in [0.1, 0.15) is 95.6 Å². The van der Waals surface area contributed by atoms with Crippen LogP contribution in [0, 0.1) is 17.8 Å². The number of aryl methyl sites for hydroxylation is 1. The van der Waals surface area contributed by atoms with Gasteiger partial charge in [0.15, 0.2) is 5.96 Å². The SMILES string of the molecule is CN1C(=O)[C@@](CCC2CCCCC2)(C[C@H]2CCC[C@H](CCCc3cnc[nH]3)C2)N=C1N. The molecule has 3 aliphatic rings. The third-order valence-electron chi connectivity index (χ3n) is 8.20. The lowest BCUT2D eigenvalue weighted by molar-refractivity contribution is -0.131. The van der Waals surface area contributed by atoms with Crippen LogP contribution < -0.4 is 5.73 Å². The van der Waals surface area contributed by atoms with Crippen LogP contribution in [0.3, 0.4) is 0 Å². The maximum atomic E-state index is 13.3. The van der Waals surface area contributed by atoms with Crippen LogP contribution in [-0.4, -0.2) is 39.3 Å². The fourth-order valence-corrected chi connectivity index (χ4v) is 6.40. The van der Waals surface area contributed by atoms with Gasteiger partial charge in [0.25, 0.3) is 5.91 Å². The monoisotopic (exact) mass is 427 g/mol. The Hall–Kier alpha value is -1.85. The minimum absolute atomic E-state index is 0.141. The molecule has 1 aromatic rings. The first-order valence-corrected chi connectivity index (χ1v) is 12.7. The van der Waals surface area contributed by atoms with E-state index in [2.05, 4.69) is 9.97 Å². The second kappa shape index (κ2) is 10.2. The fourth-order valence-electron chi connectivity index (χ4n) is 6.40. The standard InChI is InChI=1S/C25H41N5O/c1-30-23(31)25(29-24(30)26,14-13-19-7-3-2-4-8-19)16-21-11-5-9-20(15-21)10-6-12-22-17-27-18-28-22/h17-21H,2-16H2,1H3,(H2,26,29)(H,27,28)/t20-,21+,25-/m1/s1. The number of aromatic amines is 1. The molecule has 6 heteroatoms. The summed E-state index contributed by atoms with van der Waals surface area (Å²) in [7, 11) is 1.79. The number of carbonyl (C=O) groups is 1. The van der Waals surface area contributed by atoms with Gasteiger partial charge in [-0.15, -0.1) is 0 Å². The van der Waals surface area contributed by atoms with Crippen LogP contribution in [0.2, 0.25) is 0 Å². The molecule has 172 valence electrons. The smallest absolute Gasteiger partial charge is 0.257 e. The van der Waals surface area contributed by atoms with Gasteiger partial charge in [0.05, 0.1) is 6.33 Å². The lowest BCUT2D eigenvalue weighted by Gasteiger charge is -2.35. The molecule has 1 aliphatic heterocycles. The van der Waals surface area contributed by atoms with E-state index in [0.29, 0.717) is 11.9 Å². The largest absolute Gasteiger partial charge is 0.369 e. The Kier molecular flexibility index (Phi) is 7.34. The van der Waals surface area contributed by atoms with Gasteiger partial charge in [0.1, 0.15) is 5.54 Å². The van der Waals surface area contributed by atoms with E-state index in [0.717, 1.165) is 37.5 Å². The lowest BCUT2D eigenvalue weighted by Crippen LogP contribution is -2.44. The highest BCUT2D eigenvalue weighted by Crippen LogP contribution is 2.42. The van der Waals surface area contributed by atoms with Crippen molar-refractivity contribution in [2.45, 2.75) is 102 Å². The first-order chi connectivity index (χ1) is 15.1. The maximum absolute atomic E-state index is 13.3. The fraction of sp³-hybridized carbons (Fsp3) is 0.800. The van der Waals surface area contributed by atoms with Crippen LogP contribution in [-0.2, 0) is 11.2 Å². The number of guanidine groups is 1. The van der Waals surface area contributed by atoms with Gasteiger partial charge in [-0.3, -0.25) is 9.69 Å². The summed E-state index contributed by atoms with van der Waals surface area (Å²) in [6.07, 6.45) is 21.9.